The van der Waals surface area contributed by atoms with Crippen LogP contribution in [0.5, 0.6) is 5.75 Å². The molecule has 0 spiro atoms. The van der Waals surface area contributed by atoms with Crippen LogP contribution in [-0.4, -0.2) is 11.9 Å². The van der Waals surface area contributed by atoms with Gasteiger partial charge in [-0.3, -0.25) is 0 Å². The fourth-order valence-corrected chi connectivity index (χ4v) is 1.76. The summed E-state index contributed by atoms with van der Waals surface area (Å²) < 4.78 is 10.5. The molecule has 0 atom stereocenters. The first-order valence-electron chi connectivity index (χ1n) is 4.84. The van der Waals surface area contributed by atoms with Gasteiger partial charge in [-0.15, -0.1) is 0 Å². The highest BCUT2D eigenvalue weighted by Crippen LogP contribution is 2.46. The molecule has 2 aliphatic rings. The molecule has 1 aliphatic carbocycles. The van der Waals surface area contributed by atoms with Gasteiger partial charge in [-0.05, 0) is 24.5 Å². The highest BCUT2D eigenvalue weighted by atomic mass is 16.7. The van der Waals surface area contributed by atoms with E-state index in [4.69, 9.17) is 9.47 Å². The van der Waals surface area contributed by atoms with Crippen LogP contribution < -0.4 is 4.74 Å². The van der Waals surface area contributed by atoms with Crippen LogP contribution in [0.2, 0.25) is 0 Å². The van der Waals surface area contributed by atoms with Gasteiger partial charge in [-0.1, -0.05) is 12.1 Å². The van der Waals surface area contributed by atoms with Gasteiger partial charge in [0.15, 0.2) is 6.79 Å². The number of hydrogen-bond acceptors (Lipinski definition) is 3. The minimum absolute atomic E-state index is 0.314. The third-order valence-corrected chi connectivity index (χ3v) is 2.88. The van der Waals surface area contributed by atoms with Gasteiger partial charge in [-0.2, -0.15) is 0 Å². The predicted molar refractivity (Wildman–Crippen MR) is 49.9 cm³/mol. The summed E-state index contributed by atoms with van der Waals surface area (Å²) >= 11 is 0. The van der Waals surface area contributed by atoms with Gasteiger partial charge in [0.05, 0.1) is 12.2 Å². The summed E-state index contributed by atoms with van der Waals surface area (Å²) in [6.07, 6.45) is 1.73. The molecule has 14 heavy (non-hydrogen) atoms. The molecule has 0 saturated heterocycles. The van der Waals surface area contributed by atoms with Crippen molar-refractivity contribution in [3.8, 4) is 5.75 Å². The van der Waals surface area contributed by atoms with Gasteiger partial charge in [-0.25, -0.2) is 0 Å². The molecule has 1 aliphatic heterocycles. The first-order valence-corrected chi connectivity index (χ1v) is 4.84. The molecule has 0 unspecified atom stereocenters. The maximum Gasteiger partial charge on any atom is 0.189 e. The second kappa shape index (κ2) is 2.72. The Kier molecular flexibility index (Phi) is 1.60. The lowest BCUT2D eigenvalue weighted by molar-refractivity contribution is -0.0166. The van der Waals surface area contributed by atoms with Crippen molar-refractivity contribution in [3.05, 3.63) is 29.3 Å². The van der Waals surface area contributed by atoms with Crippen LogP contribution in [0, 0.1) is 0 Å². The van der Waals surface area contributed by atoms with Gasteiger partial charge >= 0.3 is 0 Å². The fraction of sp³-hybridized carbons (Fsp3) is 0.455. The summed E-state index contributed by atoms with van der Waals surface area (Å²) in [5, 5.41) is 9.91. The molecule has 3 rings (SSSR count). The lowest BCUT2D eigenvalue weighted by atomic mass is 10.0. The van der Waals surface area contributed by atoms with E-state index in [9.17, 15) is 5.11 Å². The fourth-order valence-electron chi connectivity index (χ4n) is 1.76. The molecule has 0 amide bonds. The summed E-state index contributed by atoms with van der Waals surface area (Å²) in [6.45, 7) is 0.920. The number of rotatable bonds is 1. The lowest BCUT2D eigenvalue weighted by Gasteiger charge is -2.19. The van der Waals surface area contributed by atoms with Crippen molar-refractivity contribution in [2.45, 2.75) is 25.0 Å². The molecule has 1 aromatic carbocycles. The molecule has 74 valence electrons. The zero-order valence-electron chi connectivity index (χ0n) is 7.82. The second-order valence-electron chi connectivity index (χ2n) is 3.96. The number of fused-ring (bicyclic) bond motifs is 1. The van der Waals surface area contributed by atoms with Gasteiger partial charge < -0.3 is 14.6 Å². The highest BCUT2D eigenvalue weighted by molar-refractivity contribution is 5.41. The van der Waals surface area contributed by atoms with Crippen molar-refractivity contribution in [1.82, 2.24) is 0 Å². The molecule has 3 heteroatoms. The van der Waals surface area contributed by atoms with Gasteiger partial charge in [0.25, 0.3) is 0 Å². The second-order valence-corrected chi connectivity index (χ2v) is 3.96. The Hall–Kier alpha value is -1.06. The summed E-state index contributed by atoms with van der Waals surface area (Å²) in [4.78, 5) is 0. The van der Waals surface area contributed by atoms with Crippen LogP contribution in [0.4, 0.5) is 0 Å². The van der Waals surface area contributed by atoms with E-state index in [1.807, 2.05) is 18.2 Å². The minimum atomic E-state index is -0.573. The zero-order chi connectivity index (χ0) is 9.60. The molecule has 0 radical (unpaired) electrons. The number of hydrogen-bond donors (Lipinski definition) is 1. The van der Waals surface area contributed by atoms with E-state index in [-0.39, 0.29) is 0 Å². The topological polar surface area (TPSA) is 38.7 Å². The van der Waals surface area contributed by atoms with Crippen molar-refractivity contribution in [3.63, 3.8) is 0 Å². The van der Waals surface area contributed by atoms with Gasteiger partial charge in [0.1, 0.15) is 5.75 Å². The molecule has 1 fully saturated rings. The Bertz CT molecular complexity index is 369. The molecule has 0 bridgehead atoms. The Morgan fingerprint density at radius 1 is 1.29 bits per heavy atom. The molecule has 1 aromatic rings. The first kappa shape index (κ1) is 8.26. The van der Waals surface area contributed by atoms with Crippen molar-refractivity contribution < 1.29 is 14.6 Å². The summed E-state index contributed by atoms with van der Waals surface area (Å²) in [7, 11) is 0. The third kappa shape index (κ3) is 1.21. The van der Waals surface area contributed by atoms with Gasteiger partial charge in [0, 0.05) is 5.56 Å². The van der Waals surface area contributed by atoms with E-state index in [1.54, 1.807) is 0 Å². The summed E-state index contributed by atoms with van der Waals surface area (Å²) in [5.74, 6) is 0.856. The predicted octanol–water partition coefficient (Wildman–Crippen LogP) is 1.53. The average molecular weight is 192 g/mol. The number of benzene rings is 1. The van der Waals surface area contributed by atoms with Crippen molar-refractivity contribution in [2.75, 3.05) is 6.79 Å². The molecule has 0 aromatic heterocycles. The lowest BCUT2D eigenvalue weighted by Crippen LogP contribution is -2.13. The van der Waals surface area contributed by atoms with Crippen LogP contribution in [0.25, 0.3) is 0 Å². The van der Waals surface area contributed by atoms with E-state index in [0.29, 0.717) is 13.4 Å². The van der Waals surface area contributed by atoms with Crippen LogP contribution in [-0.2, 0) is 16.9 Å². The maximum atomic E-state index is 9.91. The summed E-state index contributed by atoms with van der Waals surface area (Å²) in [6, 6.07) is 5.87. The smallest absolute Gasteiger partial charge is 0.189 e. The van der Waals surface area contributed by atoms with Crippen LogP contribution >= 0.6 is 0 Å². The molecule has 1 saturated carbocycles. The van der Waals surface area contributed by atoms with E-state index in [0.717, 1.165) is 29.7 Å². The van der Waals surface area contributed by atoms with E-state index < -0.39 is 5.60 Å². The van der Waals surface area contributed by atoms with Crippen LogP contribution in [0.3, 0.4) is 0 Å². The van der Waals surface area contributed by atoms with Crippen LogP contribution in [0.15, 0.2) is 18.2 Å². The zero-order valence-corrected chi connectivity index (χ0v) is 7.82. The molecule has 1 heterocycles. The van der Waals surface area contributed by atoms with Crippen LogP contribution in [0.1, 0.15) is 24.0 Å². The quantitative estimate of drug-likeness (QED) is 0.733. The number of ether oxygens (including phenoxy) is 2. The Morgan fingerprint density at radius 2 is 2.14 bits per heavy atom. The molecular weight excluding hydrogens is 180 g/mol. The summed E-state index contributed by atoms with van der Waals surface area (Å²) in [5.41, 5.74) is 1.46. The SMILES string of the molecule is OC1(c2ccc3c(c2)OCOC3)CC1. The maximum absolute atomic E-state index is 9.91. The van der Waals surface area contributed by atoms with Gasteiger partial charge in [0.2, 0.25) is 0 Å². The molecule has 3 nitrogen and oxygen atoms in total. The average Bonchev–Trinajstić information content (AvgIpc) is 2.97. The molecular formula is C11H12O3. The number of aliphatic hydroxyl groups is 1. The Labute approximate surface area is 82.3 Å². The monoisotopic (exact) mass is 192 g/mol. The van der Waals surface area contributed by atoms with E-state index in [1.165, 1.54) is 0 Å². The largest absolute Gasteiger partial charge is 0.467 e. The normalized spacial score (nSPS) is 22.4. The van der Waals surface area contributed by atoms with Crippen molar-refractivity contribution >= 4 is 0 Å². The first-order chi connectivity index (χ1) is 6.78. The Morgan fingerprint density at radius 3 is 2.93 bits per heavy atom. The minimum Gasteiger partial charge on any atom is -0.467 e. The third-order valence-electron chi connectivity index (χ3n) is 2.88. The van der Waals surface area contributed by atoms with E-state index in [2.05, 4.69) is 0 Å². The van der Waals surface area contributed by atoms with Crippen molar-refractivity contribution in [1.29, 1.82) is 0 Å². The van der Waals surface area contributed by atoms with E-state index >= 15 is 0 Å². The van der Waals surface area contributed by atoms with Crippen molar-refractivity contribution in [2.24, 2.45) is 0 Å². The standard InChI is InChI=1S/C11H12O3/c12-11(3-4-11)9-2-1-8-6-13-7-14-10(8)5-9/h1-2,5,12H,3-4,6-7H2. The molecule has 1 N–H and O–H groups in total. The Balaban J connectivity index is 2.01. The highest BCUT2D eigenvalue weighted by Gasteiger charge is 2.42.